The van der Waals surface area contributed by atoms with Crippen LogP contribution in [0.15, 0.2) is 12.2 Å². The molecule has 0 N–H and O–H groups in total. The van der Waals surface area contributed by atoms with Gasteiger partial charge in [-0.1, -0.05) is 45.6 Å². The molecule has 87 valence electrons. The molecule has 0 bridgehead atoms. The first kappa shape index (κ1) is 14.2. The highest BCUT2D eigenvalue weighted by Crippen LogP contribution is 2.06. The minimum Gasteiger partial charge on any atom is -0.462 e. The second-order valence-corrected chi connectivity index (χ2v) is 3.82. The van der Waals surface area contributed by atoms with Crippen LogP contribution in [0.25, 0.3) is 0 Å². The lowest BCUT2D eigenvalue weighted by Gasteiger charge is -2.03. The Balaban J connectivity index is 3.11. The summed E-state index contributed by atoms with van der Waals surface area (Å²) in [6.45, 7) is 7.89. The number of ether oxygens (including phenoxy) is 1. The summed E-state index contributed by atoms with van der Waals surface area (Å²) >= 11 is 0. The first-order valence-electron chi connectivity index (χ1n) is 5.82. The molecule has 0 aromatic carbocycles. The largest absolute Gasteiger partial charge is 0.462 e. The number of carbonyl (C=O) groups excluding carboxylic acids is 1. The van der Waals surface area contributed by atoms with E-state index in [-0.39, 0.29) is 5.97 Å². The molecule has 15 heavy (non-hydrogen) atoms. The maximum absolute atomic E-state index is 11.0. The third-order valence-electron chi connectivity index (χ3n) is 2.17. The molecule has 0 aliphatic carbocycles. The molecule has 0 heterocycles. The summed E-state index contributed by atoms with van der Waals surface area (Å²) in [6, 6.07) is 0. The van der Waals surface area contributed by atoms with Gasteiger partial charge in [0.15, 0.2) is 0 Å². The van der Waals surface area contributed by atoms with Crippen LogP contribution in [0.5, 0.6) is 0 Å². The van der Waals surface area contributed by atoms with Crippen molar-refractivity contribution in [1.29, 1.82) is 0 Å². The molecule has 0 atom stereocenters. The Morgan fingerprint density at radius 1 is 1.27 bits per heavy atom. The van der Waals surface area contributed by atoms with Crippen LogP contribution in [-0.2, 0) is 9.53 Å². The third-order valence-corrected chi connectivity index (χ3v) is 2.17. The lowest BCUT2D eigenvalue weighted by atomic mass is 10.1. The molecule has 0 unspecified atom stereocenters. The summed E-state index contributed by atoms with van der Waals surface area (Å²) in [5, 5.41) is 0. The van der Waals surface area contributed by atoms with Gasteiger partial charge in [-0.2, -0.15) is 0 Å². The van der Waals surface area contributed by atoms with E-state index in [1.165, 1.54) is 19.3 Å². The molecule has 0 saturated carbocycles. The van der Waals surface area contributed by atoms with Crippen LogP contribution in [0.2, 0.25) is 0 Å². The first-order valence-corrected chi connectivity index (χ1v) is 5.82. The Kier molecular flexibility index (Phi) is 9.24. The molecule has 0 amide bonds. The van der Waals surface area contributed by atoms with Crippen LogP contribution in [0.4, 0.5) is 0 Å². The van der Waals surface area contributed by atoms with Crippen LogP contribution in [0, 0.1) is 6.42 Å². The number of unbranched alkanes of at least 4 members (excludes halogenated alkanes) is 6. The van der Waals surface area contributed by atoms with E-state index in [0.717, 1.165) is 19.3 Å². The summed E-state index contributed by atoms with van der Waals surface area (Å²) in [5.74, 6) is -0.269. The van der Waals surface area contributed by atoms with Gasteiger partial charge in [-0.25, -0.2) is 4.79 Å². The Labute approximate surface area is 93.7 Å². The van der Waals surface area contributed by atoms with Crippen molar-refractivity contribution in [2.75, 3.05) is 6.61 Å². The minimum atomic E-state index is -0.269. The number of hydrogen-bond acceptors (Lipinski definition) is 2. The van der Waals surface area contributed by atoms with Crippen molar-refractivity contribution < 1.29 is 9.53 Å². The lowest BCUT2D eigenvalue weighted by Crippen LogP contribution is -2.05. The van der Waals surface area contributed by atoms with Crippen molar-refractivity contribution in [2.45, 2.75) is 52.4 Å². The molecule has 0 aromatic rings. The summed E-state index contributed by atoms with van der Waals surface area (Å²) in [4.78, 5) is 11.0. The van der Waals surface area contributed by atoms with E-state index in [1.54, 1.807) is 6.92 Å². The molecule has 1 radical (unpaired) electrons. The molecular weight excluding hydrogens is 188 g/mol. The highest BCUT2D eigenvalue weighted by Gasteiger charge is 2.01. The maximum atomic E-state index is 11.0. The van der Waals surface area contributed by atoms with Gasteiger partial charge >= 0.3 is 5.97 Å². The van der Waals surface area contributed by atoms with Gasteiger partial charge in [0.25, 0.3) is 0 Å². The number of carbonyl (C=O) groups is 1. The summed E-state index contributed by atoms with van der Waals surface area (Å²) in [7, 11) is 0. The fraction of sp³-hybridized carbons (Fsp3) is 0.692. The zero-order valence-corrected chi connectivity index (χ0v) is 10.1. The molecule has 0 aliphatic rings. The topological polar surface area (TPSA) is 26.3 Å². The Morgan fingerprint density at radius 3 is 2.53 bits per heavy atom. The van der Waals surface area contributed by atoms with Crippen molar-refractivity contribution in [3.05, 3.63) is 18.6 Å². The average molecular weight is 211 g/mol. The molecule has 0 saturated heterocycles. The van der Waals surface area contributed by atoms with Gasteiger partial charge in [0.2, 0.25) is 0 Å². The molecule has 0 fully saturated rings. The van der Waals surface area contributed by atoms with Gasteiger partial charge in [0, 0.05) is 5.57 Å². The Bertz CT molecular complexity index is 185. The zero-order valence-electron chi connectivity index (χ0n) is 10.1. The van der Waals surface area contributed by atoms with E-state index < -0.39 is 0 Å². The standard InChI is InChI=1S/C13H23O2/c1-4-5-6-7-8-9-10-11-15-13(14)12(2)3/h5H,2,4,6-11H2,1,3H3. The summed E-state index contributed by atoms with van der Waals surface area (Å²) in [5.41, 5.74) is 0.479. The zero-order chi connectivity index (χ0) is 11.5. The Hall–Kier alpha value is -0.790. The second-order valence-electron chi connectivity index (χ2n) is 3.82. The third kappa shape index (κ3) is 9.51. The molecule has 0 rings (SSSR count). The van der Waals surface area contributed by atoms with Crippen LogP contribution in [0.3, 0.4) is 0 Å². The van der Waals surface area contributed by atoms with Gasteiger partial charge in [0.1, 0.15) is 0 Å². The van der Waals surface area contributed by atoms with Crippen molar-refractivity contribution in [3.8, 4) is 0 Å². The smallest absolute Gasteiger partial charge is 0.333 e. The minimum absolute atomic E-state index is 0.269. The van der Waals surface area contributed by atoms with Gasteiger partial charge in [-0.3, -0.25) is 0 Å². The molecule has 0 aliphatic heterocycles. The lowest BCUT2D eigenvalue weighted by molar-refractivity contribution is -0.139. The monoisotopic (exact) mass is 211 g/mol. The fourth-order valence-electron chi connectivity index (χ4n) is 1.24. The van der Waals surface area contributed by atoms with Crippen molar-refractivity contribution in [1.82, 2.24) is 0 Å². The van der Waals surface area contributed by atoms with E-state index in [1.807, 2.05) is 0 Å². The van der Waals surface area contributed by atoms with E-state index in [4.69, 9.17) is 4.74 Å². The summed E-state index contributed by atoms with van der Waals surface area (Å²) < 4.78 is 4.98. The van der Waals surface area contributed by atoms with Crippen LogP contribution in [-0.4, -0.2) is 12.6 Å². The van der Waals surface area contributed by atoms with E-state index in [9.17, 15) is 4.79 Å². The van der Waals surface area contributed by atoms with Crippen LogP contribution in [0.1, 0.15) is 52.4 Å². The summed E-state index contributed by atoms with van der Waals surface area (Å²) in [6.07, 6.45) is 9.26. The van der Waals surface area contributed by atoms with Crippen molar-refractivity contribution >= 4 is 5.97 Å². The predicted molar refractivity (Wildman–Crippen MR) is 63.4 cm³/mol. The van der Waals surface area contributed by atoms with Crippen molar-refractivity contribution in [3.63, 3.8) is 0 Å². The molecule has 0 aromatic heterocycles. The Morgan fingerprint density at radius 2 is 1.93 bits per heavy atom. The van der Waals surface area contributed by atoms with E-state index >= 15 is 0 Å². The van der Waals surface area contributed by atoms with Gasteiger partial charge in [0.05, 0.1) is 6.61 Å². The number of rotatable bonds is 9. The molecular formula is C13H23O2. The quantitative estimate of drug-likeness (QED) is 0.330. The highest BCUT2D eigenvalue weighted by molar-refractivity contribution is 5.86. The van der Waals surface area contributed by atoms with Crippen LogP contribution < -0.4 is 0 Å². The average Bonchev–Trinajstić information content (AvgIpc) is 2.21. The number of hydrogen-bond donors (Lipinski definition) is 0. The molecule has 0 spiro atoms. The predicted octanol–water partition coefficient (Wildman–Crippen LogP) is 3.67. The van der Waals surface area contributed by atoms with Crippen molar-refractivity contribution in [2.24, 2.45) is 0 Å². The second kappa shape index (κ2) is 9.75. The normalized spacial score (nSPS) is 10.0. The number of esters is 1. The van der Waals surface area contributed by atoms with Gasteiger partial charge in [-0.15, -0.1) is 0 Å². The first-order chi connectivity index (χ1) is 7.18. The van der Waals surface area contributed by atoms with E-state index in [2.05, 4.69) is 19.9 Å². The highest BCUT2D eigenvalue weighted by atomic mass is 16.5. The maximum Gasteiger partial charge on any atom is 0.333 e. The van der Waals surface area contributed by atoms with Gasteiger partial charge < -0.3 is 4.74 Å². The molecule has 2 nitrogen and oxygen atoms in total. The molecule has 2 heteroatoms. The van der Waals surface area contributed by atoms with E-state index in [0.29, 0.717) is 12.2 Å². The SMILES string of the molecule is C=C(C)C(=O)OCCCCCC[CH]CC. The van der Waals surface area contributed by atoms with Gasteiger partial charge in [-0.05, 0) is 19.8 Å². The van der Waals surface area contributed by atoms with Crippen LogP contribution >= 0.6 is 0 Å². The fourth-order valence-corrected chi connectivity index (χ4v) is 1.24.